The van der Waals surface area contributed by atoms with Crippen LogP contribution in [0, 0.1) is 10.1 Å². The van der Waals surface area contributed by atoms with E-state index in [2.05, 4.69) is 0 Å². The normalized spacial score (nSPS) is 16.2. The van der Waals surface area contributed by atoms with Crippen LogP contribution in [0.4, 0.5) is 11.4 Å². The summed E-state index contributed by atoms with van der Waals surface area (Å²) in [6.07, 6.45) is 0. The van der Waals surface area contributed by atoms with E-state index in [0.717, 1.165) is 4.90 Å². The summed E-state index contributed by atoms with van der Waals surface area (Å²) in [5, 5.41) is 11.2. The van der Waals surface area contributed by atoms with Crippen molar-refractivity contribution in [3.63, 3.8) is 0 Å². The minimum Gasteiger partial charge on any atom is -0.362 e. The third-order valence-corrected chi connectivity index (χ3v) is 5.22. The van der Waals surface area contributed by atoms with E-state index >= 15 is 0 Å². The summed E-state index contributed by atoms with van der Waals surface area (Å²) in [5.74, 6) is -1.24. The van der Waals surface area contributed by atoms with E-state index in [1.165, 1.54) is 6.07 Å². The SMILES string of the molecule is O=C(CN1C(=O)c2ccccc2C1=O)N1CCN(c2ccccc2[N+](=O)[O-])CC1. The maximum absolute atomic E-state index is 12.7. The van der Waals surface area contributed by atoms with Gasteiger partial charge in [-0.15, -0.1) is 0 Å². The molecule has 2 aromatic rings. The molecule has 0 bridgehead atoms. The standard InChI is InChI=1S/C20H18N4O5/c25-18(13-23-19(26)14-5-1-2-6-15(14)20(23)27)22-11-9-21(10-12-22)16-7-3-4-8-17(16)24(28)29/h1-8H,9-13H2. The Morgan fingerprint density at radius 2 is 1.45 bits per heavy atom. The van der Waals surface area contributed by atoms with Crippen molar-refractivity contribution < 1.29 is 19.3 Å². The lowest BCUT2D eigenvalue weighted by Crippen LogP contribution is -2.52. The van der Waals surface area contributed by atoms with Gasteiger partial charge in [-0.3, -0.25) is 29.4 Å². The summed E-state index contributed by atoms with van der Waals surface area (Å²) in [6, 6.07) is 13.0. The quantitative estimate of drug-likeness (QED) is 0.443. The van der Waals surface area contributed by atoms with Gasteiger partial charge in [0.15, 0.2) is 0 Å². The number of carbonyl (C=O) groups excluding carboxylic acids is 3. The molecule has 4 rings (SSSR count). The smallest absolute Gasteiger partial charge is 0.292 e. The number of nitro groups is 1. The number of rotatable bonds is 4. The number of benzene rings is 2. The monoisotopic (exact) mass is 394 g/mol. The molecule has 0 atom stereocenters. The van der Waals surface area contributed by atoms with Gasteiger partial charge in [0.05, 0.1) is 16.1 Å². The average Bonchev–Trinajstić information content (AvgIpc) is 2.99. The lowest BCUT2D eigenvalue weighted by molar-refractivity contribution is -0.384. The molecule has 2 aromatic carbocycles. The molecule has 0 unspecified atom stereocenters. The topological polar surface area (TPSA) is 104 Å². The van der Waals surface area contributed by atoms with Crippen molar-refractivity contribution in [1.82, 2.24) is 9.80 Å². The second-order valence-corrected chi connectivity index (χ2v) is 6.86. The van der Waals surface area contributed by atoms with Crippen LogP contribution in [-0.2, 0) is 4.79 Å². The molecule has 0 spiro atoms. The Morgan fingerprint density at radius 3 is 2.03 bits per heavy atom. The second-order valence-electron chi connectivity index (χ2n) is 6.86. The number of amides is 3. The number of nitrogens with zero attached hydrogens (tertiary/aromatic N) is 4. The fourth-order valence-electron chi connectivity index (χ4n) is 3.70. The third kappa shape index (κ3) is 3.31. The molecule has 0 aromatic heterocycles. The van der Waals surface area contributed by atoms with Crippen molar-refractivity contribution in [2.24, 2.45) is 0 Å². The predicted molar refractivity (Wildman–Crippen MR) is 104 cm³/mol. The summed E-state index contributed by atoms with van der Waals surface area (Å²) in [6.45, 7) is 1.26. The molecular weight excluding hydrogens is 376 g/mol. The molecule has 2 heterocycles. The van der Waals surface area contributed by atoms with Gasteiger partial charge in [0.1, 0.15) is 12.2 Å². The van der Waals surface area contributed by atoms with E-state index in [9.17, 15) is 24.5 Å². The Kier molecular flexibility index (Phi) is 4.71. The molecule has 0 aliphatic carbocycles. The highest BCUT2D eigenvalue weighted by atomic mass is 16.6. The Bertz CT molecular complexity index is 978. The first-order chi connectivity index (χ1) is 14.0. The minimum atomic E-state index is -0.461. The van der Waals surface area contributed by atoms with Crippen molar-refractivity contribution in [3.8, 4) is 0 Å². The van der Waals surface area contributed by atoms with E-state index in [-0.39, 0.29) is 18.1 Å². The zero-order valence-corrected chi connectivity index (χ0v) is 15.5. The zero-order valence-electron chi connectivity index (χ0n) is 15.5. The number of piperazine rings is 1. The highest BCUT2D eigenvalue weighted by Gasteiger charge is 2.37. The number of fused-ring (bicyclic) bond motifs is 1. The molecule has 9 heteroatoms. The summed E-state index contributed by atoms with van der Waals surface area (Å²) in [4.78, 5) is 52.7. The maximum Gasteiger partial charge on any atom is 0.292 e. The number of nitro benzene ring substituents is 1. The first-order valence-corrected chi connectivity index (χ1v) is 9.18. The summed E-state index contributed by atoms with van der Waals surface area (Å²) < 4.78 is 0. The van der Waals surface area contributed by atoms with Crippen LogP contribution in [0.3, 0.4) is 0 Å². The van der Waals surface area contributed by atoms with Crippen LogP contribution < -0.4 is 4.90 Å². The lowest BCUT2D eigenvalue weighted by atomic mass is 10.1. The van der Waals surface area contributed by atoms with Gasteiger partial charge in [-0.25, -0.2) is 0 Å². The van der Waals surface area contributed by atoms with Crippen molar-refractivity contribution in [2.45, 2.75) is 0 Å². The first-order valence-electron chi connectivity index (χ1n) is 9.18. The van der Waals surface area contributed by atoms with Crippen molar-refractivity contribution in [2.75, 3.05) is 37.6 Å². The fourth-order valence-corrected chi connectivity index (χ4v) is 3.70. The van der Waals surface area contributed by atoms with E-state index in [4.69, 9.17) is 0 Å². The molecule has 0 radical (unpaired) electrons. The second kappa shape index (κ2) is 7.34. The van der Waals surface area contributed by atoms with Gasteiger partial charge in [0.25, 0.3) is 17.5 Å². The van der Waals surface area contributed by atoms with Crippen LogP contribution in [0.2, 0.25) is 0 Å². The predicted octanol–water partition coefficient (Wildman–Crippen LogP) is 1.54. The van der Waals surface area contributed by atoms with Gasteiger partial charge >= 0.3 is 0 Å². The minimum absolute atomic E-state index is 0.0262. The molecular formula is C20H18N4O5. The molecule has 1 fully saturated rings. The van der Waals surface area contributed by atoms with Crippen LogP contribution >= 0.6 is 0 Å². The number of anilines is 1. The molecule has 0 saturated carbocycles. The van der Waals surface area contributed by atoms with E-state index in [0.29, 0.717) is 43.0 Å². The van der Waals surface area contributed by atoms with E-state index in [1.807, 2.05) is 4.90 Å². The van der Waals surface area contributed by atoms with Gasteiger partial charge in [0, 0.05) is 32.2 Å². The van der Waals surface area contributed by atoms with Crippen molar-refractivity contribution in [1.29, 1.82) is 0 Å². The summed E-state index contributed by atoms with van der Waals surface area (Å²) in [7, 11) is 0. The number of imide groups is 1. The Morgan fingerprint density at radius 1 is 0.897 bits per heavy atom. The van der Waals surface area contributed by atoms with Crippen LogP contribution in [0.5, 0.6) is 0 Å². The van der Waals surface area contributed by atoms with Gasteiger partial charge in [0.2, 0.25) is 5.91 Å². The number of carbonyl (C=O) groups is 3. The van der Waals surface area contributed by atoms with Gasteiger partial charge < -0.3 is 9.80 Å². The fraction of sp³-hybridized carbons (Fsp3) is 0.250. The van der Waals surface area contributed by atoms with Gasteiger partial charge in [-0.05, 0) is 18.2 Å². The van der Waals surface area contributed by atoms with Crippen molar-refractivity contribution in [3.05, 3.63) is 69.8 Å². The van der Waals surface area contributed by atoms with Crippen molar-refractivity contribution >= 4 is 29.1 Å². The molecule has 2 aliphatic heterocycles. The molecule has 2 aliphatic rings. The van der Waals surface area contributed by atoms with Crippen LogP contribution in [0.1, 0.15) is 20.7 Å². The lowest BCUT2D eigenvalue weighted by Gasteiger charge is -2.36. The molecule has 148 valence electrons. The van der Waals surface area contributed by atoms with E-state index in [1.54, 1.807) is 47.4 Å². The van der Waals surface area contributed by atoms with Gasteiger partial charge in [-0.1, -0.05) is 24.3 Å². The first kappa shape index (κ1) is 18.6. The molecule has 0 N–H and O–H groups in total. The highest BCUT2D eigenvalue weighted by Crippen LogP contribution is 2.28. The van der Waals surface area contributed by atoms with Crippen LogP contribution in [0.25, 0.3) is 0 Å². The summed E-state index contributed by atoms with van der Waals surface area (Å²) in [5.41, 5.74) is 1.17. The highest BCUT2D eigenvalue weighted by molar-refractivity contribution is 6.22. The zero-order chi connectivity index (χ0) is 20.5. The molecule has 3 amide bonds. The number of hydrogen-bond donors (Lipinski definition) is 0. The van der Waals surface area contributed by atoms with Gasteiger partial charge in [-0.2, -0.15) is 0 Å². The molecule has 9 nitrogen and oxygen atoms in total. The molecule has 1 saturated heterocycles. The maximum atomic E-state index is 12.7. The van der Waals surface area contributed by atoms with E-state index < -0.39 is 16.7 Å². The average molecular weight is 394 g/mol. The Labute approximate surface area is 166 Å². The summed E-state index contributed by atoms with van der Waals surface area (Å²) >= 11 is 0. The van der Waals surface area contributed by atoms with Crippen LogP contribution in [0.15, 0.2) is 48.5 Å². The number of para-hydroxylation sites is 2. The number of hydrogen-bond acceptors (Lipinski definition) is 6. The van der Waals surface area contributed by atoms with Crippen LogP contribution in [-0.4, -0.2) is 65.2 Å². The molecule has 29 heavy (non-hydrogen) atoms. The third-order valence-electron chi connectivity index (χ3n) is 5.22. The Hall–Kier alpha value is -3.75. The Balaban J connectivity index is 1.40. The largest absolute Gasteiger partial charge is 0.362 e.